The lowest BCUT2D eigenvalue weighted by molar-refractivity contribution is -0.172. The molecule has 2 aliphatic heterocycles. The number of nitrogens with zero attached hydrogens (tertiary/aromatic N) is 2. The molecule has 4 aromatic carbocycles. The van der Waals surface area contributed by atoms with Gasteiger partial charge in [-0.15, -0.1) is 0 Å². The molecule has 0 unspecified atom stereocenters. The van der Waals surface area contributed by atoms with Gasteiger partial charge in [-0.2, -0.15) is 0 Å². The van der Waals surface area contributed by atoms with E-state index in [-0.39, 0.29) is 62.3 Å². The van der Waals surface area contributed by atoms with Gasteiger partial charge in [-0.05, 0) is 95.5 Å². The van der Waals surface area contributed by atoms with Crippen LogP contribution in [0, 0.1) is 18.7 Å². The Hall–Kier alpha value is -8.82. The molecule has 4 atom stereocenters. The van der Waals surface area contributed by atoms with Crippen LogP contribution < -0.4 is 37.5 Å². The van der Waals surface area contributed by atoms with Crippen molar-refractivity contribution in [1.29, 1.82) is 0 Å². The molecule has 6 amide bonds. The minimum absolute atomic E-state index is 0.0445. The number of aromatic nitrogens is 2. The van der Waals surface area contributed by atoms with E-state index in [1.54, 1.807) is 50.2 Å². The first-order valence-electron chi connectivity index (χ1n) is 27.1. The zero-order chi connectivity index (χ0) is 56.7. The minimum atomic E-state index is -2.05. The molecular formula is C60H59FN8O12. The number of carbonyl (C=O) groups excluding carboxylic acids is 7. The van der Waals surface area contributed by atoms with Crippen LogP contribution in [-0.4, -0.2) is 101 Å². The molecule has 3 aliphatic carbocycles. The molecule has 11 rings (SSSR count). The van der Waals surface area contributed by atoms with Crippen molar-refractivity contribution in [3.8, 4) is 22.5 Å². The second-order valence-electron chi connectivity index (χ2n) is 21.1. The van der Waals surface area contributed by atoms with E-state index in [1.807, 2.05) is 48.5 Å². The molecule has 1 saturated carbocycles. The summed E-state index contributed by atoms with van der Waals surface area (Å²) in [5.41, 5.74) is 6.23. The van der Waals surface area contributed by atoms with Gasteiger partial charge in [0.25, 0.3) is 5.56 Å². The highest BCUT2D eigenvalue weighted by atomic mass is 19.1. The van der Waals surface area contributed by atoms with Gasteiger partial charge >= 0.3 is 12.1 Å². The van der Waals surface area contributed by atoms with Crippen LogP contribution in [0.3, 0.4) is 0 Å². The number of cyclic esters (lactones) is 1. The number of benzene rings is 4. The van der Waals surface area contributed by atoms with Crippen LogP contribution in [0.4, 0.5) is 9.18 Å². The molecule has 0 spiro atoms. The SMILES string of the molecule is CC[C@@]1(O)C(=O)OCc2c1cc1n(c2=O)Cc2c-1nc1cc(F)c(C)c3c1c2[C@@H](NC(=O)[C@@H](OCNC(=O)CNC(=O)[C@H](Cc1ccccc1)NC(=O)CNC(=O)CNC(=O)OCC1c2ccccc2-c2ccccc21)C1CC1)CC3. The number of hydrogen-bond donors (Lipinski definition) is 7. The van der Waals surface area contributed by atoms with E-state index < -0.39 is 96.4 Å². The van der Waals surface area contributed by atoms with Crippen LogP contribution in [0.2, 0.25) is 0 Å². The number of rotatable bonds is 19. The molecule has 4 heterocycles. The summed E-state index contributed by atoms with van der Waals surface area (Å²) in [5, 5.41) is 27.9. The van der Waals surface area contributed by atoms with E-state index in [0.717, 1.165) is 27.8 Å². The standard InChI is InChI=1S/C60H59FN8O12/c1-3-60(78)42-22-47-53-39(27-69(47)57(75)41(42)29-79-58(60)76)52-44(20-19-34-31(2)43(61)23-45(67-53)51(34)52)68-56(74)54(33-17-18-33)81-30-65-49(71)24-63-55(73)46(21-32-11-5-4-6-12-32)66-50(72)26-62-48(70)25-64-59(77)80-28-40-37-15-9-7-13-35(37)36-14-8-10-16-38(36)40/h4-16,22-23,33,40,44,46,54,78H,3,17-21,24-30H2,1-2H3,(H,62,70)(H,63,73)(H,64,77)(H,65,71)(H,66,72)(H,68,74)/t44-,46-,54-,60-/m0/s1. The van der Waals surface area contributed by atoms with Crippen molar-refractivity contribution in [3.05, 3.63) is 157 Å². The summed E-state index contributed by atoms with van der Waals surface area (Å²) >= 11 is 0. The zero-order valence-electron chi connectivity index (χ0n) is 44.4. The van der Waals surface area contributed by atoms with E-state index in [2.05, 4.69) is 31.9 Å². The first-order valence-corrected chi connectivity index (χ1v) is 27.1. The Kier molecular flexibility index (Phi) is 15.0. The number of esters is 1. The highest BCUT2D eigenvalue weighted by Gasteiger charge is 2.46. The predicted octanol–water partition coefficient (Wildman–Crippen LogP) is 4.00. The van der Waals surface area contributed by atoms with E-state index in [4.69, 9.17) is 19.2 Å². The molecule has 7 N–H and O–H groups in total. The van der Waals surface area contributed by atoms with Crippen molar-refractivity contribution in [1.82, 2.24) is 41.5 Å². The maximum absolute atomic E-state index is 15.5. The smallest absolute Gasteiger partial charge is 0.407 e. The molecular weight excluding hydrogens is 1040 g/mol. The van der Waals surface area contributed by atoms with E-state index in [1.165, 1.54) is 10.6 Å². The van der Waals surface area contributed by atoms with E-state index in [9.17, 15) is 43.5 Å². The summed E-state index contributed by atoms with van der Waals surface area (Å²) in [6.45, 7) is 1.21. The fourth-order valence-corrected chi connectivity index (χ4v) is 11.7. The maximum atomic E-state index is 15.5. The lowest BCUT2D eigenvalue weighted by Crippen LogP contribution is -2.52. The van der Waals surface area contributed by atoms with Crippen molar-refractivity contribution in [2.75, 3.05) is 33.0 Å². The van der Waals surface area contributed by atoms with Crippen molar-refractivity contribution in [2.45, 2.75) is 95.2 Å². The molecule has 21 heteroatoms. The molecule has 5 aliphatic rings. The molecule has 418 valence electrons. The van der Waals surface area contributed by atoms with Gasteiger partial charge in [0.2, 0.25) is 29.5 Å². The van der Waals surface area contributed by atoms with Gasteiger partial charge in [0, 0.05) is 34.9 Å². The summed E-state index contributed by atoms with van der Waals surface area (Å²) in [6.07, 6.45) is 0.392. The molecule has 1 fully saturated rings. The predicted molar refractivity (Wildman–Crippen MR) is 290 cm³/mol. The summed E-state index contributed by atoms with van der Waals surface area (Å²) in [6, 6.07) is 25.8. The van der Waals surface area contributed by atoms with Crippen molar-refractivity contribution in [2.24, 2.45) is 5.92 Å². The molecule has 20 nitrogen and oxygen atoms in total. The number of alkyl carbamates (subject to hydrolysis) is 1. The Morgan fingerprint density at radius 3 is 2.21 bits per heavy atom. The molecule has 0 radical (unpaired) electrons. The van der Waals surface area contributed by atoms with E-state index in [0.29, 0.717) is 70.2 Å². The Bertz CT molecular complexity index is 3600. The number of fused-ring (bicyclic) bond motifs is 8. The highest BCUT2D eigenvalue weighted by Crippen LogP contribution is 2.47. The number of pyridine rings is 2. The van der Waals surface area contributed by atoms with Crippen molar-refractivity contribution >= 4 is 52.5 Å². The molecule has 81 heavy (non-hydrogen) atoms. The zero-order valence-corrected chi connectivity index (χ0v) is 44.4. The van der Waals surface area contributed by atoms with Crippen molar-refractivity contribution < 1.29 is 57.3 Å². The van der Waals surface area contributed by atoms with Crippen LogP contribution in [0.15, 0.2) is 95.8 Å². The number of halogens is 1. The quantitative estimate of drug-likeness (QED) is 0.0447. The minimum Gasteiger partial charge on any atom is -0.458 e. The largest absolute Gasteiger partial charge is 0.458 e. The number of aryl methyl sites for hydroxylation is 1. The molecule has 6 aromatic rings. The van der Waals surface area contributed by atoms with Gasteiger partial charge in [-0.3, -0.25) is 28.8 Å². The summed E-state index contributed by atoms with van der Waals surface area (Å²) in [5.74, 6) is -4.81. The van der Waals surface area contributed by atoms with Gasteiger partial charge < -0.3 is 55.8 Å². The topological polar surface area (TPSA) is 274 Å². The molecule has 0 bridgehead atoms. The fraction of sp³-hybridized carbons (Fsp3) is 0.350. The van der Waals surface area contributed by atoms with Crippen LogP contribution in [0.25, 0.3) is 33.4 Å². The third-order valence-corrected chi connectivity index (χ3v) is 16.1. The van der Waals surface area contributed by atoms with Gasteiger partial charge in [0.15, 0.2) is 5.60 Å². The third-order valence-electron chi connectivity index (χ3n) is 16.1. The first-order chi connectivity index (χ1) is 39.1. The highest BCUT2D eigenvalue weighted by molar-refractivity contribution is 5.95. The maximum Gasteiger partial charge on any atom is 0.407 e. The number of amides is 6. The van der Waals surface area contributed by atoms with Gasteiger partial charge in [0.1, 0.15) is 44.5 Å². The van der Waals surface area contributed by atoms with Gasteiger partial charge in [0.05, 0.1) is 48.1 Å². The summed E-state index contributed by atoms with van der Waals surface area (Å²) in [4.78, 5) is 111. The van der Waals surface area contributed by atoms with Crippen LogP contribution >= 0.6 is 0 Å². The van der Waals surface area contributed by atoms with Gasteiger partial charge in [-0.25, -0.2) is 19.0 Å². The van der Waals surface area contributed by atoms with Crippen LogP contribution in [0.1, 0.15) is 94.6 Å². The number of carbonyl (C=O) groups is 7. The van der Waals surface area contributed by atoms with Gasteiger partial charge in [-0.1, -0.05) is 85.8 Å². The Balaban J connectivity index is 0.684. The van der Waals surface area contributed by atoms with Crippen molar-refractivity contribution in [3.63, 3.8) is 0 Å². The Labute approximate surface area is 463 Å². The summed E-state index contributed by atoms with van der Waals surface area (Å²) in [7, 11) is 0. The normalized spacial score (nSPS) is 17.9. The summed E-state index contributed by atoms with van der Waals surface area (Å²) < 4.78 is 33.8. The number of ether oxygens (including phenoxy) is 3. The third kappa shape index (κ3) is 10.6. The average Bonchev–Trinajstić information content (AvgIpc) is 4.32. The molecule has 0 saturated heterocycles. The number of hydrogen-bond acceptors (Lipinski definition) is 13. The average molecular weight is 1100 g/mol. The van der Waals surface area contributed by atoms with E-state index >= 15 is 4.39 Å². The Morgan fingerprint density at radius 1 is 0.815 bits per heavy atom. The lowest BCUT2D eigenvalue weighted by atomic mass is 9.81. The lowest BCUT2D eigenvalue weighted by Gasteiger charge is -2.31. The fourth-order valence-electron chi connectivity index (χ4n) is 11.7. The second-order valence-corrected chi connectivity index (χ2v) is 21.1. The Morgan fingerprint density at radius 2 is 1.49 bits per heavy atom. The number of aliphatic hydroxyl groups is 1. The van der Waals surface area contributed by atoms with Crippen LogP contribution in [0.5, 0.6) is 0 Å². The first kappa shape index (κ1) is 54.2. The monoisotopic (exact) mass is 1100 g/mol. The molecule has 2 aromatic heterocycles. The number of nitrogens with one attached hydrogen (secondary N) is 6. The van der Waals surface area contributed by atoms with Crippen LogP contribution in [-0.2, 0) is 74.6 Å². The second kappa shape index (κ2) is 22.4.